The number of methoxy groups -OCH3 is 1. The third kappa shape index (κ3) is 2.41. The summed E-state index contributed by atoms with van der Waals surface area (Å²) in [6.45, 7) is 0. The Kier molecular flexibility index (Phi) is 3.22. The van der Waals surface area contributed by atoms with Crippen LogP contribution in [0.1, 0.15) is 0 Å². The molecular weight excluding hydrogens is 226 g/mol. The SMILES string of the molecule is COc1nc(Cl)ncc1Nc1ccccc1. The second kappa shape index (κ2) is 4.81. The second-order valence-electron chi connectivity index (χ2n) is 3.05. The van der Waals surface area contributed by atoms with Gasteiger partial charge in [0, 0.05) is 5.69 Å². The Morgan fingerprint density at radius 1 is 1.25 bits per heavy atom. The van der Waals surface area contributed by atoms with Gasteiger partial charge in [0.1, 0.15) is 5.69 Å². The lowest BCUT2D eigenvalue weighted by atomic mass is 10.3. The molecule has 0 bridgehead atoms. The molecule has 0 aliphatic rings. The van der Waals surface area contributed by atoms with Crippen LogP contribution in [0.2, 0.25) is 5.28 Å². The van der Waals surface area contributed by atoms with Crippen LogP contribution in [-0.2, 0) is 0 Å². The lowest BCUT2D eigenvalue weighted by Gasteiger charge is -2.09. The minimum atomic E-state index is 0.162. The minimum absolute atomic E-state index is 0.162. The number of para-hydroxylation sites is 1. The number of ether oxygens (including phenoxy) is 1. The maximum Gasteiger partial charge on any atom is 0.241 e. The van der Waals surface area contributed by atoms with Gasteiger partial charge in [-0.3, -0.25) is 0 Å². The molecule has 2 aromatic rings. The van der Waals surface area contributed by atoms with Crippen LogP contribution in [0.15, 0.2) is 36.5 Å². The van der Waals surface area contributed by atoms with E-state index in [4.69, 9.17) is 16.3 Å². The number of aromatic nitrogens is 2. The Morgan fingerprint density at radius 3 is 2.69 bits per heavy atom. The summed E-state index contributed by atoms with van der Waals surface area (Å²) >= 11 is 5.67. The van der Waals surface area contributed by atoms with E-state index in [-0.39, 0.29) is 5.28 Å². The van der Waals surface area contributed by atoms with Crippen LogP contribution in [0.25, 0.3) is 0 Å². The number of halogens is 1. The molecule has 0 fully saturated rings. The van der Waals surface area contributed by atoms with Crippen molar-refractivity contribution in [3.05, 3.63) is 41.8 Å². The molecule has 0 saturated carbocycles. The van der Waals surface area contributed by atoms with Crippen molar-refractivity contribution in [3.63, 3.8) is 0 Å². The Balaban J connectivity index is 2.28. The van der Waals surface area contributed by atoms with Crippen molar-refractivity contribution in [2.75, 3.05) is 12.4 Å². The molecule has 1 N–H and O–H groups in total. The van der Waals surface area contributed by atoms with Crippen LogP contribution in [0.4, 0.5) is 11.4 Å². The largest absolute Gasteiger partial charge is 0.479 e. The van der Waals surface area contributed by atoms with Crippen LogP contribution in [0.3, 0.4) is 0 Å². The predicted octanol–water partition coefficient (Wildman–Crippen LogP) is 2.88. The fourth-order valence-corrected chi connectivity index (χ4v) is 1.39. The lowest BCUT2D eigenvalue weighted by Crippen LogP contribution is -1.98. The fraction of sp³-hybridized carbons (Fsp3) is 0.0909. The molecule has 0 unspecified atom stereocenters. The zero-order valence-electron chi connectivity index (χ0n) is 8.64. The highest BCUT2D eigenvalue weighted by molar-refractivity contribution is 6.28. The Morgan fingerprint density at radius 2 is 2.00 bits per heavy atom. The third-order valence-corrected chi connectivity index (χ3v) is 2.15. The fourth-order valence-electron chi connectivity index (χ4n) is 1.26. The summed E-state index contributed by atoms with van der Waals surface area (Å²) in [6, 6.07) is 9.69. The van der Waals surface area contributed by atoms with E-state index in [1.165, 1.54) is 7.11 Å². The van der Waals surface area contributed by atoms with Crippen LogP contribution >= 0.6 is 11.6 Å². The van der Waals surface area contributed by atoms with Crippen LogP contribution < -0.4 is 10.1 Å². The van der Waals surface area contributed by atoms with Gasteiger partial charge in [0.25, 0.3) is 0 Å². The molecule has 0 atom stereocenters. The first kappa shape index (κ1) is 10.7. The predicted molar refractivity (Wildman–Crippen MR) is 63.3 cm³/mol. The van der Waals surface area contributed by atoms with Crippen molar-refractivity contribution in [2.24, 2.45) is 0 Å². The smallest absolute Gasteiger partial charge is 0.241 e. The van der Waals surface area contributed by atoms with Crippen molar-refractivity contribution < 1.29 is 4.74 Å². The molecule has 4 nitrogen and oxygen atoms in total. The van der Waals surface area contributed by atoms with Crippen molar-refractivity contribution in [1.29, 1.82) is 0 Å². The van der Waals surface area contributed by atoms with Gasteiger partial charge in [0.2, 0.25) is 11.2 Å². The zero-order valence-corrected chi connectivity index (χ0v) is 9.40. The summed E-state index contributed by atoms with van der Waals surface area (Å²) in [5.41, 5.74) is 1.62. The molecule has 2 rings (SSSR count). The van der Waals surface area contributed by atoms with Gasteiger partial charge in [-0.1, -0.05) is 18.2 Å². The second-order valence-corrected chi connectivity index (χ2v) is 3.39. The summed E-state index contributed by atoms with van der Waals surface area (Å²) in [6.07, 6.45) is 1.58. The van der Waals surface area contributed by atoms with E-state index in [0.29, 0.717) is 11.6 Å². The van der Waals surface area contributed by atoms with Gasteiger partial charge in [-0.25, -0.2) is 4.98 Å². The van der Waals surface area contributed by atoms with Gasteiger partial charge in [-0.2, -0.15) is 4.98 Å². The van der Waals surface area contributed by atoms with Crippen molar-refractivity contribution >= 4 is 23.0 Å². The molecule has 16 heavy (non-hydrogen) atoms. The first-order valence-corrected chi connectivity index (χ1v) is 5.06. The molecule has 1 aromatic carbocycles. The number of nitrogens with one attached hydrogen (secondary N) is 1. The molecule has 0 spiro atoms. The monoisotopic (exact) mass is 235 g/mol. The van der Waals surface area contributed by atoms with Crippen LogP contribution in [-0.4, -0.2) is 17.1 Å². The average molecular weight is 236 g/mol. The summed E-state index contributed by atoms with van der Waals surface area (Å²) in [5, 5.41) is 3.30. The number of anilines is 2. The standard InChI is InChI=1S/C11H10ClN3O/c1-16-10-9(7-13-11(12)15-10)14-8-5-3-2-4-6-8/h2-7,14H,1H3. The molecule has 0 aliphatic heterocycles. The van der Waals surface area contributed by atoms with E-state index in [1.54, 1.807) is 6.20 Å². The van der Waals surface area contributed by atoms with Gasteiger partial charge in [0.15, 0.2) is 0 Å². The summed E-state index contributed by atoms with van der Waals surface area (Å²) in [7, 11) is 1.54. The van der Waals surface area contributed by atoms with Gasteiger partial charge < -0.3 is 10.1 Å². The normalized spacial score (nSPS) is 9.88. The molecule has 0 amide bonds. The Hall–Kier alpha value is -1.81. The van der Waals surface area contributed by atoms with Crippen molar-refractivity contribution in [3.8, 4) is 5.88 Å². The van der Waals surface area contributed by atoms with Crippen molar-refractivity contribution in [2.45, 2.75) is 0 Å². The zero-order chi connectivity index (χ0) is 11.4. The van der Waals surface area contributed by atoms with Gasteiger partial charge >= 0.3 is 0 Å². The van der Waals surface area contributed by atoms with Crippen LogP contribution in [0, 0.1) is 0 Å². The third-order valence-electron chi connectivity index (χ3n) is 1.97. The molecule has 1 aromatic heterocycles. The number of nitrogens with zero attached hydrogens (tertiary/aromatic N) is 2. The topological polar surface area (TPSA) is 47.0 Å². The maximum absolute atomic E-state index is 5.67. The Labute approximate surface area is 98.3 Å². The quantitative estimate of drug-likeness (QED) is 0.831. The highest BCUT2D eigenvalue weighted by atomic mass is 35.5. The molecular formula is C11H10ClN3O. The first-order chi connectivity index (χ1) is 7.79. The van der Waals surface area contributed by atoms with Crippen molar-refractivity contribution in [1.82, 2.24) is 9.97 Å². The van der Waals surface area contributed by atoms with E-state index in [2.05, 4.69) is 15.3 Å². The maximum atomic E-state index is 5.67. The molecule has 82 valence electrons. The van der Waals surface area contributed by atoms with E-state index in [0.717, 1.165) is 5.69 Å². The number of rotatable bonds is 3. The molecule has 0 aliphatic carbocycles. The van der Waals surface area contributed by atoms with Gasteiger partial charge in [-0.15, -0.1) is 0 Å². The molecule has 0 saturated heterocycles. The number of hydrogen-bond acceptors (Lipinski definition) is 4. The van der Waals surface area contributed by atoms with Gasteiger partial charge in [-0.05, 0) is 23.7 Å². The molecule has 5 heteroatoms. The first-order valence-electron chi connectivity index (χ1n) is 4.68. The minimum Gasteiger partial charge on any atom is -0.479 e. The van der Waals surface area contributed by atoms with Crippen LogP contribution in [0.5, 0.6) is 5.88 Å². The summed E-state index contributed by atoms with van der Waals surface area (Å²) in [4.78, 5) is 7.85. The molecule has 0 radical (unpaired) electrons. The summed E-state index contributed by atoms with van der Waals surface area (Å²) < 4.78 is 5.10. The number of hydrogen-bond donors (Lipinski definition) is 1. The van der Waals surface area contributed by atoms with Gasteiger partial charge in [0.05, 0.1) is 13.3 Å². The Bertz CT molecular complexity index is 476. The average Bonchev–Trinajstić information content (AvgIpc) is 2.33. The summed E-state index contributed by atoms with van der Waals surface area (Å²) in [5.74, 6) is 0.420. The van der Waals surface area contributed by atoms with E-state index >= 15 is 0 Å². The van der Waals surface area contributed by atoms with E-state index in [9.17, 15) is 0 Å². The highest BCUT2D eigenvalue weighted by Gasteiger charge is 2.06. The highest BCUT2D eigenvalue weighted by Crippen LogP contribution is 2.25. The van der Waals surface area contributed by atoms with E-state index < -0.39 is 0 Å². The number of benzene rings is 1. The lowest BCUT2D eigenvalue weighted by molar-refractivity contribution is 0.399. The van der Waals surface area contributed by atoms with E-state index in [1.807, 2.05) is 30.3 Å². The molecule has 1 heterocycles.